The van der Waals surface area contributed by atoms with Crippen molar-refractivity contribution in [3.63, 3.8) is 0 Å². The van der Waals surface area contributed by atoms with Crippen LogP contribution in [0.5, 0.6) is 0 Å². The summed E-state index contributed by atoms with van der Waals surface area (Å²) < 4.78 is 0. The summed E-state index contributed by atoms with van der Waals surface area (Å²) in [5, 5.41) is 8.04. The summed E-state index contributed by atoms with van der Waals surface area (Å²) in [4.78, 5) is 10.3. The molecule has 2 heteroatoms. The van der Waals surface area contributed by atoms with Crippen LogP contribution < -0.4 is 0 Å². The molecule has 0 heterocycles. The zero-order valence-corrected chi connectivity index (χ0v) is 5.87. The monoisotopic (exact) mass is 135 g/mol. The molecule has 0 aliphatic rings. The molecule has 0 rings (SSSR count). The number of nitriles is 1. The number of nitrogens with zero attached hydrogens (tertiary/aromatic N) is 1. The normalized spacial score (nSPS) is 10.4. The van der Waals surface area contributed by atoms with Crippen LogP contribution in [0.2, 0.25) is 0 Å². The standard InChI is InChI=1S/C8H9NO/c1-2-3-4-5-6-8(10)7-9/h2-5H,6H2,1H3/b3-2-,5-4-. The molecule has 0 radical (unpaired) electrons. The predicted octanol–water partition coefficient (Wildman–Crippen LogP) is 1.60. The SMILES string of the molecule is C/C=C\C=C/CC(=O)C#N. The van der Waals surface area contributed by atoms with Gasteiger partial charge >= 0.3 is 0 Å². The Morgan fingerprint density at radius 2 is 2.30 bits per heavy atom. The van der Waals surface area contributed by atoms with E-state index < -0.39 is 5.78 Å². The largest absolute Gasteiger partial charge is 0.282 e. The molecule has 0 aromatic heterocycles. The van der Waals surface area contributed by atoms with Gasteiger partial charge < -0.3 is 0 Å². The lowest BCUT2D eigenvalue weighted by Gasteiger charge is -1.77. The fraction of sp³-hybridized carbons (Fsp3) is 0.250. The van der Waals surface area contributed by atoms with Crippen molar-refractivity contribution in [1.29, 1.82) is 5.26 Å². The van der Waals surface area contributed by atoms with Crippen molar-refractivity contribution in [2.45, 2.75) is 13.3 Å². The lowest BCUT2D eigenvalue weighted by molar-refractivity contribution is -0.113. The van der Waals surface area contributed by atoms with Crippen molar-refractivity contribution in [3.05, 3.63) is 24.3 Å². The van der Waals surface area contributed by atoms with Crippen LogP contribution in [-0.2, 0) is 4.79 Å². The van der Waals surface area contributed by atoms with Crippen molar-refractivity contribution in [1.82, 2.24) is 0 Å². The maximum absolute atomic E-state index is 10.3. The Morgan fingerprint density at radius 3 is 2.80 bits per heavy atom. The van der Waals surface area contributed by atoms with Gasteiger partial charge in [0.2, 0.25) is 5.78 Å². The average Bonchev–Trinajstić information content (AvgIpc) is 1.98. The van der Waals surface area contributed by atoms with Crippen molar-refractivity contribution in [3.8, 4) is 6.07 Å². The second-order valence-electron chi connectivity index (χ2n) is 1.69. The number of hydrogen-bond donors (Lipinski definition) is 0. The lowest BCUT2D eigenvalue weighted by Crippen LogP contribution is -1.87. The predicted molar refractivity (Wildman–Crippen MR) is 39.2 cm³/mol. The lowest BCUT2D eigenvalue weighted by atomic mass is 10.3. The van der Waals surface area contributed by atoms with E-state index in [4.69, 9.17) is 5.26 Å². The first-order chi connectivity index (χ1) is 4.81. The van der Waals surface area contributed by atoms with Crippen LogP contribution in [0.3, 0.4) is 0 Å². The molecule has 0 saturated carbocycles. The number of carbonyl (C=O) groups is 1. The number of ketones is 1. The molecule has 0 aromatic carbocycles. The van der Waals surface area contributed by atoms with Crippen LogP contribution in [-0.4, -0.2) is 5.78 Å². The zero-order valence-electron chi connectivity index (χ0n) is 5.87. The van der Waals surface area contributed by atoms with Gasteiger partial charge in [-0.25, -0.2) is 0 Å². The van der Waals surface area contributed by atoms with E-state index in [2.05, 4.69) is 0 Å². The maximum atomic E-state index is 10.3. The Hall–Kier alpha value is -1.36. The Kier molecular flexibility index (Phi) is 4.99. The van der Waals surface area contributed by atoms with Gasteiger partial charge in [-0.15, -0.1) is 0 Å². The highest BCUT2D eigenvalue weighted by Gasteiger charge is 1.90. The number of allylic oxidation sites excluding steroid dienone is 4. The first-order valence-electron chi connectivity index (χ1n) is 3.02. The fourth-order valence-electron chi connectivity index (χ4n) is 0.410. The van der Waals surface area contributed by atoms with Gasteiger partial charge in [0, 0.05) is 6.42 Å². The minimum atomic E-state index is -0.402. The van der Waals surface area contributed by atoms with Gasteiger partial charge in [0.1, 0.15) is 6.07 Å². The van der Waals surface area contributed by atoms with E-state index in [0.29, 0.717) is 0 Å². The molecule has 2 nitrogen and oxygen atoms in total. The highest BCUT2D eigenvalue weighted by atomic mass is 16.1. The number of carbonyl (C=O) groups excluding carboxylic acids is 1. The van der Waals surface area contributed by atoms with E-state index in [0.717, 1.165) is 0 Å². The molecule has 0 aliphatic carbocycles. The van der Waals surface area contributed by atoms with Crippen molar-refractivity contribution < 1.29 is 4.79 Å². The molecular weight excluding hydrogens is 126 g/mol. The summed E-state index contributed by atoms with van der Waals surface area (Å²) >= 11 is 0. The Labute approximate surface area is 60.5 Å². The molecule has 0 aliphatic heterocycles. The molecule has 52 valence electrons. The van der Waals surface area contributed by atoms with Gasteiger partial charge in [-0.1, -0.05) is 24.3 Å². The molecular formula is C8H9NO. The first-order valence-corrected chi connectivity index (χ1v) is 3.02. The van der Waals surface area contributed by atoms with E-state index in [1.54, 1.807) is 12.2 Å². The van der Waals surface area contributed by atoms with E-state index in [1.807, 2.05) is 19.1 Å². The molecule has 0 saturated heterocycles. The third-order valence-corrected chi connectivity index (χ3v) is 0.868. The number of rotatable bonds is 3. The molecule has 0 N–H and O–H groups in total. The van der Waals surface area contributed by atoms with Crippen LogP contribution >= 0.6 is 0 Å². The fourth-order valence-corrected chi connectivity index (χ4v) is 0.410. The van der Waals surface area contributed by atoms with E-state index in [9.17, 15) is 4.79 Å². The number of Topliss-reactive ketones (excluding diaryl/α,β-unsaturated/α-hetero) is 1. The minimum Gasteiger partial charge on any atom is -0.282 e. The summed E-state index contributed by atoms with van der Waals surface area (Å²) in [7, 11) is 0. The molecule has 10 heavy (non-hydrogen) atoms. The van der Waals surface area contributed by atoms with Crippen LogP contribution in [0.25, 0.3) is 0 Å². The minimum absolute atomic E-state index is 0.209. The summed E-state index contributed by atoms with van der Waals surface area (Å²) in [5.74, 6) is -0.402. The second kappa shape index (κ2) is 5.77. The summed E-state index contributed by atoms with van der Waals surface area (Å²) in [5.41, 5.74) is 0. The van der Waals surface area contributed by atoms with E-state index in [-0.39, 0.29) is 6.42 Å². The van der Waals surface area contributed by atoms with E-state index >= 15 is 0 Å². The second-order valence-corrected chi connectivity index (χ2v) is 1.69. The molecule has 0 unspecified atom stereocenters. The maximum Gasteiger partial charge on any atom is 0.235 e. The van der Waals surface area contributed by atoms with E-state index in [1.165, 1.54) is 6.07 Å². The molecule has 0 amide bonds. The van der Waals surface area contributed by atoms with Crippen LogP contribution in [0.1, 0.15) is 13.3 Å². The van der Waals surface area contributed by atoms with Gasteiger partial charge in [-0.05, 0) is 6.92 Å². The van der Waals surface area contributed by atoms with Crippen LogP contribution in [0, 0.1) is 11.3 Å². The third-order valence-electron chi connectivity index (χ3n) is 0.868. The average molecular weight is 135 g/mol. The van der Waals surface area contributed by atoms with Crippen molar-refractivity contribution in [2.24, 2.45) is 0 Å². The van der Waals surface area contributed by atoms with Crippen molar-refractivity contribution >= 4 is 5.78 Å². The van der Waals surface area contributed by atoms with Gasteiger partial charge in [-0.3, -0.25) is 4.79 Å². The summed E-state index contributed by atoms with van der Waals surface area (Å²) in [6, 6.07) is 1.53. The van der Waals surface area contributed by atoms with Gasteiger partial charge in [0.15, 0.2) is 0 Å². The molecule has 0 bridgehead atoms. The van der Waals surface area contributed by atoms with Gasteiger partial charge in [0.25, 0.3) is 0 Å². The summed E-state index contributed by atoms with van der Waals surface area (Å²) in [6.07, 6.45) is 7.28. The molecule has 0 fully saturated rings. The highest BCUT2D eigenvalue weighted by Crippen LogP contribution is 1.84. The van der Waals surface area contributed by atoms with Gasteiger partial charge in [-0.2, -0.15) is 5.26 Å². The topological polar surface area (TPSA) is 40.9 Å². The Bertz CT molecular complexity index is 196. The zero-order chi connectivity index (χ0) is 7.82. The Morgan fingerprint density at radius 1 is 1.60 bits per heavy atom. The van der Waals surface area contributed by atoms with Crippen LogP contribution in [0.15, 0.2) is 24.3 Å². The molecule has 0 aromatic rings. The number of hydrogen-bond acceptors (Lipinski definition) is 2. The highest BCUT2D eigenvalue weighted by molar-refractivity contribution is 5.94. The smallest absolute Gasteiger partial charge is 0.235 e. The van der Waals surface area contributed by atoms with Crippen molar-refractivity contribution in [2.75, 3.05) is 0 Å². The van der Waals surface area contributed by atoms with Gasteiger partial charge in [0.05, 0.1) is 0 Å². The first kappa shape index (κ1) is 8.64. The quantitative estimate of drug-likeness (QED) is 0.435. The Balaban J connectivity index is 3.56. The molecule has 0 spiro atoms. The summed E-state index contributed by atoms with van der Waals surface area (Å²) in [6.45, 7) is 1.89. The van der Waals surface area contributed by atoms with Crippen LogP contribution in [0.4, 0.5) is 0 Å². The third kappa shape index (κ3) is 4.79. The molecule has 0 atom stereocenters.